The second-order valence-electron chi connectivity index (χ2n) is 5.33. The van der Waals surface area contributed by atoms with E-state index in [4.69, 9.17) is 20.9 Å². The van der Waals surface area contributed by atoms with Crippen LogP contribution < -0.4 is 11.5 Å². The monoisotopic (exact) mass is 390 g/mol. The van der Waals surface area contributed by atoms with Gasteiger partial charge in [0, 0.05) is 35.6 Å². The highest BCUT2D eigenvalue weighted by Gasteiger charge is 2.18. The summed E-state index contributed by atoms with van der Waals surface area (Å²) >= 11 is 0. The average Bonchev–Trinajstić information content (AvgIpc) is 2.65. The molecule has 0 saturated heterocycles. The molecule has 0 radical (unpaired) electrons. The molecule has 0 aromatic heterocycles. The Hall–Kier alpha value is -4.22. The van der Waals surface area contributed by atoms with Crippen LogP contribution in [0.2, 0.25) is 0 Å². The molecule has 12 nitrogen and oxygen atoms in total. The summed E-state index contributed by atoms with van der Waals surface area (Å²) in [6.45, 7) is -0.747. The second-order valence-corrected chi connectivity index (χ2v) is 5.33. The fourth-order valence-electron chi connectivity index (χ4n) is 2.09. The first-order valence-electron chi connectivity index (χ1n) is 7.62. The highest BCUT2D eigenvalue weighted by molar-refractivity contribution is 5.96. The van der Waals surface area contributed by atoms with Crippen LogP contribution in [-0.4, -0.2) is 35.0 Å². The van der Waals surface area contributed by atoms with Crippen molar-refractivity contribution in [1.82, 2.24) is 0 Å². The standard InChI is InChI=1S/C16H14N4O8/c17-13-3-1-9(19(23)24)7-11(13)15(21)27-5-6-28-16(22)12-8-10(20(25)26)2-4-14(12)18/h1-4,7-8H,5-6,17-18H2. The third kappa shape index (κ3) is 4.69. The van der Waals surface area contributed by atoms with Gasteiger partial charge in [-0.3, -0.25) is 20.2 Å². The maximum Gasteiger partial charge on any atom is 0.340 e. The minimum atomic E-state index is -0.938. The van der Waals surface area contributed by atoms with Gasteiger partial charge in [-0.1, -0.05) is 0 Å². The molecular formula is C16H14N4O8. The van der Waals surface area contributed by atoms with E-state index in [1.54, 1.807) is 0 Å². The molecule has 0 bridgehead atoms. The minimum Gasteiger partial charge on any atom is -0.458 e. The Kier molecular flexibility index (Phi) is 6.06. The Balaban J connectivity index is 1.94. The number of rotatable bonds is 7. The van der Waals surface area contributed by atoms with E-state index >= 15 is 0 Å². The molecule has 4 N–H and O–H groups in total. The topological polar surface area (TPSA) is 191 Å². The number of nitrogen functional groups attached to an aromatic ring is 2. The number of benzene rings is 2. The molecule has 0 aliphatic heterocycles. The molecule has 0 amide bonds. The van der Waals surface area contributed by atoms with E-state index in [0.717, 1.165) is 24.3 Å². The van der Waals surface area contributed by atoms with Crippen molar-refractivity contribution in [2.75, 3.05) is 24.7 Å². The summed E-state index contributed by atoms with van der Waals surface area (Å²) in [5.74, 6) is -1.88. The fraction of sp³-hybridized carbons (Fsp3) is 0.125. The summed E-state index contributed by atoms with van der Waals surface area (Å²) in [5.41, 5.74) is 10.1. The van der Waals surface area contributed by atoms with Gasteiger partial charge in [0.1, 0.15) is 13.2 Å². The number of anilines is 2. The molecule has 0 atom stereocenters. The van der Waals surface area contributed by atoms with Gasteiger partial charge < -0.3 is 20.9 Å². The predicted molar refractivity (Wildman–Crippen MR) is 95.6 cm³/mol. The number of carbonyl (C=O) groups excluding carboxylic acids is 2. The van der Waals surface area contributed by atoms with Crippen LogP contribution in [0.1, 0.15) is 20.7 Å². The average molecular weight is 390 g/mol. The third-order valence-electron chi connectivity index (χ3n) is 3.48. The number of nitro benzene ring substituents is 2. The second kappa shape index (κ2) is 8.44. The van der Waals surface area contributed by atoms with Crippen molar-refractivity contribution >= 4 is 34.7 Å². The van der Waals surface area contributed by atoms with E-state index in [1.807, 2.05) is 0 Å². The number of ether oxygens (including phenoxy) is 2. The van der Waals surface area contributed by atoms with Crippen molar-refractivity contribution in [1.29, 1.82) is 0 Å². The number of hydrogen-bond donors (Lipinski definition) is 2. The molecule has 2 aromatic rings. The molecule has 0 saturated carbocycles. The SMILES string of the molecule is Nc1ccc([N+](=O)[O-])cc1C(=O)OCCOC(=O)c1cc([N+](=O)[O-])ccc1N. The number of esters is 2. The summed E-state index contributed by atoms with van der Waals surface area (Å²) < 4.78 is 9.73. The van der Waals surface area contributed by atoms with Crippen molar-refractivity contribution in [3.63, 3.8) is 0 Å². The molecular weight excluding hydrogens is 376 g/mol. The quantitative estimate of drug-likeness (QED) is 0.231. The van der Waals surface area contributed by atoms with Crippen molar-refractivity contribution in [3.8, 4) is 0 Å². The number of non-ortho nitro benzene ring substituents is 2. The summed E-state index contributed by atoms with van der Waals surface area (Å²) in [5, 5.41) is 21.5. The van der Waals surface area contributed by atoms with Gasteiger partial charge in [-0.15, -0.1) is 0 Å². The Morgan fingerprint density at radius 1 is 0.786 bits per heavy atom. The van der Waals surface area contributed by atoms with Crippen molar-refractivity contribution in [2.24, 2.45) is 0 Å². The van der Waals surface area contributed by atoms with E-state index in [9.17, 15) is 29.8 Å². The largest absolute Gasteiger partial charge is 0.458 e. The molecule has 146 valence electrons. The zero-order chi connectivity index (χ0) is 20.8. The van der Waals surface area contributed by atoms with E-state index in [0.29, 0.717) is 0 Å². The lowest BCUT2D eigenvalue weighted by molar-refractivity contribution is -0.385. The Morgan fingerprint density at radius 2 is 1.14 bits per heavy atom. The third-order valence-corrected chi connectivity index (χ3v) is 3.48. The normalized spacial score (nSPS) is 10.1. The van der Waals surface area contributed by atoms with Crippen LogP contribution in [0.4, 0.5) is 22.7 Å². The maximum atomic E-state index is 12.0. The van der Waals surface area contributed by atoms with Gasteiger partial charge >= 0.3 is 11.9 Å². The molecule has 28 heavy (non-hydrogen) atoms. The number of nitrogens with zero attached hydrogens (tertiary/aromatic N) is 2. The Bertz CT molecular complexity index is 882. The molecule has 0 fully saturated rings. The van der Waals surface area contributed by atoms with Gasteiger partial charge in [0.15, 0.2) is 0 Å². The minimum absolute atomic E-state index is 0.0167. The zero-order valence-electron chi connectivity index (χ0n) is 14.2. The summed E-state index contributed by atoms with van der Waals surface area (Å²) in [6, 6.07) is 6.59. The Labute approximate surface area is 156 Å². The van der Waals surface area contributed by atoms with Crippen molar-refractivity contribution in [3.05, 3.63) is 67.8 Å². The number of hydrogen-bond acceptors (Lipinski definition) is 10. The van der Waals surface area contributed by atoms with Crippen molar-refractivity contribution in [2.45, 2.75) is 0 Å². The number of nitro groups is 2. The van der Waals surface area contributed by atoms with Crippen LogP contribution in [0.25, 0.3) is 0 Å². The van der Waals surface area contributed by atoms with Crippen LogP contribution in [0.15, 0.2) is 36.4 Å². The highest BCUT2D eigenvalue weighted by Crippen LogP contribution is 2.21. The van der Waals surface area contributed by atoms with Gasteiger partial charge in [0.25, 0.3) is 11.4 Å². The molecule has 12 heteroatoms. The number of carbonyl (C=O) groups is 2. The van der Waals surface area contributed by atoms with Gasteiger partial charge in [-0.25, -0.2) is 9.59 Å². The van der Waals surface area contributed by atoms with Crippen LogP contribution in [0.3, 0.4) is 0 Å². The molecule has 0 aliphatic rings. The predicted octanol–water partition coefficient (Wildman–Crippen LogP) is 1.68. The van der Waals surface area contributed by atoms with E-state index in [1.165, 1.54) is 12.1 Å². The van der Waals surface area contributed by atoms with Crippen LogP contribution in [0.5, 0.6) is 0 Å². The smallest absolute Gasteiger partial charge is 0.340 e. The maximum absolute atomic E-state index is 12.0. The molecule has 0 aliphatic carbocycles. The van der Waals surface area contributed by atoms with Crippen molar-refractivity contribution < 1.29 is 28.9 Å². The van der Waals surface area contributed by atoms with E-state index in [-0.39, 0.29) is 47.1 Å². The van der Waals surface area contributed by atoms with E-state index < -0.39 is 21.8 Å². The van der Waals surface area contributed by atoms with Crippen LogP contribution in [-0.2, 0) is 9.47 Å². The lowest BCUT2D eigenvalue weighted by Crippen LogP contribution is -2.16. The summed E-state index contributed by atoms with van der Waals surface area (Å²) in [6.07, 6.45) is 0. The van der Waals surface area contributed by atoms with E-state index in [2.05, 4.69) is 0 Å². The first-order chi connectivity index (χ1) is 13.2. The lowest BCUT2D eigenvalue weighted by Gasteiger charge is -2.09. The van der Waals surface area contributed by atoms with Crippen LogP contribution in [0, 0.1) is 20.2 Å². The number of nitrogens with two attached hydrogens (primary N) is 2. The van der Waals surface area contributed by atoms with Crippen LogP contribution >= 0.6 is 0 Å². The lowest BCUT2D eigenvalue weighted by atomic mass is 10.1. The molecule has 0 heterocycles. The van der Waals surface area contributed by atoms with Gasteiger partial charge in [0.05, 0.1) is 21.0 Å². The first-order valence-corrected chi connectivity index (χ1v) is 7.62. The highest BCUT2D eigenvalue weighted by atomic mass is 16.6. The summed E-state index contributed by atoms with van der Waals surface area (Å²) in [4.78, 5) is 44.1. The van der Waals surface area contributed by atoms with Gasteiger partial charge in [-0.05, 0) is 12.1 Å². The Morgan fingerprint density at radius 3 is 1.46 bits per heavy atom. The summed E-state index contributed by atoms with van der Waals surface area (Å²) in [7, 11) is 0. The molecule has 0 spiro atoms. The van der Waals surface area contributed by atoms with Gasteiger partial charge in [-0.2, -0.15) is 0 Å². The molecule has 2 rings (SSSR count). The zero-order valence-corrected chi connectivity index (χ0v) is 14.2. The van der Waals surface area contributed by atoms with Gasteiger partial charge in [0.2, 0.25) is 0 Å². The first kappa shape index (κ1) is 20.1. The molecule has 2 aromatic carbocycles. The fourth-order valence-corrected chi connectivity index (χ4v) is 2.09. The molecule has 0 unspecified atom stereocenters.